The van der Waals surface area contributed by atoms with Crippen LogP contribution in [0.15, 0.2) is 59.5 Å². The van der Waals surface area contributed by atoms with Gasteiger partial charge in [0, 0.05) is 6.54 Å². The number of carbonyl (C=O) groups excluding carboxylic acids is 1. The Hall–Kier alpha value is -3.88. The summed E-state index contributed by atoms with van der Waals surface area (Å²) in [5.41, 5.74) is 7.68. The van der Waals surface area contributed by atoms with Gasteiger partial charge >= 0.3 is 0 Å². The van der Waals surface area contributed by atoms with Gasteiger partial charge in [-0.05, 0) is 56.2 Å². The van der Waals surface area contributed by atoms with Gasteiger partial charge in [-0.2, -0.15) is 15.1 Å². The van der Waals surface area contributed by atoms with Crippen molar-refractivity contribution in [1.29, 1.82) is 5.26 Å². The molecular formula is C23H26N6O4S. The Morgan fingerprint density at radius 3 is 2.50 bits per heavy atom. The lowest BCUT2D eigenvalue weighted by molar-refractivity contribution is -0.122. The van der Waals surface area contributed by atoms with E-state index in [0.717, 1.165) is 5.69 Å². The lowest BCUT2D eigenvalue weighted by Crippen LogP contribution is -2.45. The summed E-state index contributed by atoms with van der Waals surface area (Å²) in [6, 6.07) is 16.2. The SMILES string of the molecule is COc1ccc(S(=O)(=O)N[C@@H](C)C(=O)NCCCc2nn(-c3ccccc3)c(N)c2C#N)cc1. The molecule has 0 fully saturated rings. The van der Waals surface area contributed by atoms with Gasteiger partial charge in [0.2, 0.25) is 15.9 Å². The van der Waals surface area contributed by atoms with Gasteiger partial charge in [0.15, 0.2) is 0 Å². The molecule has 0 aliphatic carbocycles. The van der Waals surface area contributed by atoms with Gasteiger partial charge < -0.3 is 15.8 Å². The standard InChI is InChI=1S/C23H26N6O4S/c1-16(28-34(31,32)19-12-10-18(33-2)11-13-19)23(30)26-14-6-9-21-20(15-24)22(25)29(27-21)17-7-4-3-5-8-17/h3-5,7-8,10-13,16,28H,6,9,14,25H2,1-2H3,(H,26,30)/t16-/m0/s1. The molecule has 0 radical (unpaired) electrons. The molecule has 1 aromatic heterocycles. The van der Waals surface area contributed by atoms with E-state index in [1.54, 1.807) is 0 Å². The topological polar surface area (TPSA) is 152 Å². The van der Waals surface area contributed by atoms with Crippen LogP contribution in [0.25, 0.3) is 5.69 Å². The molecule has 34 heavy (non-hydrogen) atoms. The second-order valence-corrected chi connectivity index (χ2v) is 9.19. The fraction of sp³-hybridized carbons (Fsp3) is 0.261. The molecule has 0 aliphatic heterocycles. The van der Waals surface area contributed by atoms with E-state index in [2.05, 4.69) is 21.2 Å². The van der Waals surface area contributed by atoms with Crippen LogP contribution in [0.4, 0.5) is 5.82 Å². The van der Waals surface area contributed by atoms with Crippen molar-refractivity contribution >= 4 is 21.7 Å². The first kappa shape index (κ1) is 24.8. The summed E-state index contributed by atoms with van der Waals surface area (Å²) in [5, 5.41) is 16.6. The summed E-state index contributed by atoms with van der Waals surface area (Å²) >= 11 is 0. The number of amides is 1. The quantitative estimate of drug-likeness (QED) is 0.372. The third kappa shape index (κ3) is 5.72. The smallest absolute Gasteiger partial charge is 0.241 e. The number of ether oxygens (including phenoxy) is 1. The number of aromatic nitrogens is 2. The molecule has 0 aliphatic rings. The minimum Gasteiger partial charge on any atom is -0.497 e. The lowest BCUT2D eigenvalue weighted by atomic mass is 10.1. The van der Waals surface area contributed by atoms with Gasteiger partial charge in [-0.1, -0.05) is 18.2 Å². The average Bonchev–Trinajstić information content (AvgIpc) is 3.16. The highest BCUT2D eigenvalue weighted by Crippen LogP contribution is 2.21. The molecular weight excluding hydrogens is 456 g/mol. The first-order valence-corrected chi connectivity index (χ1v) is 12.0. The molecule has 0 unspecified atom stereocenters. The number of hydrogen-bond donors (Lipinski definition) is 3. The van der Waals surface area contributed by atoms with Crippen molar-refractivity contribution in [1.82, 2.24) is 19.8 Å². The summed E-state index contributed by atoms with van der Waals surface area (Å²) < 4.78 is 33.9. The van der Waals surface area contributed by atoms with Gasteiger partial charge in [-0.3, -0.25) is 4.79 Å². The lowest BCUT2D eigenvalue weighted by Gasteiger charge is -2.14. The van der Waals surface area contributed by atoms with Crippen molar-refractivity contribution in [2.24, 2.45) is 0 Å². The normalized spacial score (nSPS) is 12.0. The number of nitrogens with two attached hydrogens (primary N) is 1. The van der Waals surface area contributed by atoms with E-state index < -0.39 is 22.0 Å². The molecule has 0 bridgehead atoms. The fourth-order valence-electron chi connectivity index (χ4n) is 3.27. The highest BCUT2D eigenvalue weighted by atomic mass is 32.2. The maximum Gasteiger partial charge on any atom is 0.241 e. The molecule has 3 aromatic rings. The van der Waals surface area contributed by atoms with Crippen LogP contribution in [0.5, 0.6) is 5.75 Å². The van der Waals surface area contributed by atoms with Gasteiger partial charge in [-0.15, -0.1) is 0 Å². The first-order chi connectivity index (χ1) is 16.3. The molecule has 10 nitrogen and oxygen atoms in total. The Balaban J connectivity index is 1.54. The van der Waals surface area contributed by atoms with Gasteiger partial charge in [0.1, 0.15) is 23.2 Å². The van der Waals surface area contributed by atoms with E-state index >= 15 is 0 Å². The predicted molar refractivity (Wildman–Crippen MR) is 127 cm³/mol. The Labute approximate surface area is 198 Å². The monoisotopic (exact) mass is 482 g/mol. The van der Waals surface area contributed by atoms with Gasteiger partial charge in [-0.25, -0.2) is 13.1 Å². The van der Waals surface area contributed by atoms with Crippen LogP contribution in [-0.2, 0) is 21.2 Å². The highest BCUT2D eigenvalue weighted by Gasteiger charge is 2.22. The van der Waals surface area contributed by atoms with E-state index in [9.17, 15) is 18.5 Å². The zero-order valence-corrected chi connectivity index (χ0v) is 19.7. The fourth-order valence-corrected chi connectivity index (χ4v) is 4.47. The molecule has 0 saturated heterocycles. The van der Waals surface area contributed by atoms with Crippen molar-refractivity contribution in [2.75, 3.05) is 19.4 Å². The Bertz CT molecular complexity index is 1280. The van der Waals surface area contributed by atoms with Gasteiger partial charge in [0.05, 0.1) is 29.4 Å². The summed E-state index contributed by atoms with van der Waals surface area (Å²) in [6.45, 7) is 1.74. The zero-order chi connectivity index (χ0) is 24.7. The average molecular weight is 483 g/mol. The molecule has 4 N–H and O–H groups in total. The van der Waals surface area contributed by atoms with E-state index in [4.69, 9.17) is 10.5 Å². The number of nitrogens with one attached hydrogen (secondary N) is 2. The van der Waals surface area contributed by atoms with Crippen molar-refractivity contribution in [3.63, 3.8) is 0 Å². The summed E-state index contributed by atoms with van der Waals surface area (Å²) in [5.74, 6) is 0.320. The number of carbonyl (C=O) groups is 1. The largest absolute Gasteiger partial charge is 0.497 e. The Morgan fingerprint density at radius 1 is 1.21 bits per heavy atom. The minimum atomic E-state index is -3.87. The number of nitrogens with zero attached hydrogens (tertiary/aromatic N) is 3. The number of hydrogen-bond acceptors (Lipinski definition) is 7. The number of benzene rings is 2. The molecule has 1 atom stereocenters. The van der Waals surface area contributed by atoms with E-state index in [0.29, 0.717) is 29.8 Å². The van der Waals surface area contributed by atoms with Crippen LogP contribution in [0.2, 0.25) is 0 Å². The molecule has 178 valence electrons. The molecule has 2 aromatic carbocycles. The van der Waals surface area contributed by atoms with Crippen LogP contribution in [0, 0.1) is 11.3 Å². The number of methoxy groups -OCH3 is 1. The maximum atomic E-state index is 12.5. The molecule has 1 amide bonds. The van der Waals surface area contributed by atoms with Crippen molar-refractivity contribution in [3.05, 3.63) is 65.9 Å². The van der Waals surface area contributed by atoms with E-state index in [1.165, 1.54) is 43.0 Å². The third-order valence-corrected chi connectivity index (χ3v) is 6.65. The van der Waals surface area contributed by atoms with Crippen LogP contribution in [0.3, 0.4) is 0 Å². The second-order valence-electron chi connectivity index (χ2n) is 7.48. The van der Waals surface area contributed by atoms with Crippen LogP contribution in [-0.4, -0.2) is 43.8 Å². The van der Waals surface area contributed by atoms with Crippen LogP contribution >= 0.6 is 0 Å². The maximum absolute atomic E-state index is 12.5. The Morgan fingerprint density at radius 2 is 1.88 bits per heavy atom. The number of nitrogen functional groups attached to an aromatic ring is 1. The van der Waals surface area contributed by atoms with E-state index in [1.807, 2.05) is 30.3 Å². The number of para-hydroxylation sites is 1. The van der Waals surface area contributed by atoms with Crippen molar-refractivity contribution < 1.29 is 17.9 Å². The van der Waals surface area contributed by atoms with Gasteiger partial charge in [0.25, 0.3) is 0 Å². The van der Waals surface area contributed by atoms with Crippen molar-refractivity contribution in [2.45, 2.75) is 30.7 Å². The number of anilines is 1. The first-order valence-electron chi connectivity index (χ1n) is 10.5. The molecule has 3 rings (SSSR count). The van der Waals surface area contributed by atoms with Crippen molar-refractivity contribution in [3.8, 4) is 17.5 Å². The second kappa shape index (κ2) is 10.8. The molecule has 1 heterocycles. The highest BCUT2D eigenvalue weighted by molar-refractivity contribution is 7.89. The molecule has 0 spiro atoms. The Kier molecular flexibility index (Phi) is 7.88. The predicted octanol–water partition coefficient (Wildman–Crippen LogP) is 1.75. The number of aryl methyl sites for hydroxylation is 1. The molecule has 11 heteroatoms. The summed E-state index contributed by atoms with van der Waals surface area (Å²) in [4.78, 5) is 12.4. The summed E-state index contributed by atoms with van der Waals surface area (Å²) in [6.07, 6.45) is 0.906. The number of rotatable bonds is 10. The van der Waals surface area contributed by atoms with Crippen LogP contribution < -0.4 is 20.5 Å². The third-order valence-electron chi connectivity index (χ3n) is 5.09. The molecule has 0 saturated carbocycles. The number of nitriles is 1. The zero-order valence-electron chi connectivity index (χ0n) is 18.9. The van der Waals surface area contributed by atoms with E-state index in [-0.39, 0.29) is 17.3 Å². The summed E-state index contributed by atoms with van der Waals surface area (Å²) in [7, 11) is -2.38. The van der Waals surface area contributed by atoms with Crippen LogP contribution in [0.1, 0.15) is 24.6 Å². The minimum absolute atomic E-state index is 0.0311. The number of sulfonamides is 1.